The predicted molar refractivity (Wildman–Crippen MR) is 166 cm³/mol. The molecular weight excluding hydrogens is 581 g/mol. The highest BCUT2D eigenvalue weighted by Gasteiger charge is 2.34. The van der Waals surface area contributed by atoms with E-state index in [1.165, 1.54) is 17.0 Å². The fourth-order valence-electron chi connectivity index (χ4n) is 4.51. The zero-order valence-corrected chi connectivity index (χ0v) is 26.4. The lowest BCUT2D eigenvalue weighted by atomic mass is 10.1. The Morgan fingerprint density at radius 1 is 0.927 bits per heavy atom. The Labute approximate surface area is 253 Å². The van der Waals surface area contributed by atoms with E-state index >= 15 is 0 Å². The molecule has 0 saturated heterocycles. The molecule has 0 aliphatic carbocycles. The number of anilines is 1. The molecular formula is C31H37Cl2N3O4S. The number of hydrogen-bond donors (Lipinski definition) is 1. The first-order valence-corrected chi connectivity index (χ1v) is 15.8. The molecule has 220 valence electrons. The lowest BCUT2D eigenvalue weighted by Crippen LogP contribution is -2.53. The molecule has 7 nitrogen and oxygen atoms in total. The molecule has 0 radical (unpaired) electrons. The Hall–Kier alpha value is -3.07. The Morgan fingerprint density at radius 3 is 2.20 bits per heavy atom. The van der Waals surface area contributed by atoms with Crippen LogP contribution in [0.2, 0.25) is 10.0 Å². The lowest BCUT2D eigenvalue weighted by Gasteiger charge is -2.34. The van der Waals surface area contributed by atoms with Crippen LogP contribution in [-0.4, -0.2) is 43.8 Å². The highest BCUT2D eigenvalue weighted by molar-refractivity contribution is 7.92. The van der Waals surface area contributed by atoms with E-state index in [0.717, 1.165) is 16.3 Å². The second-order valence-electron chi connectivity index (χ2n) is 10.1. The fraction of sp³-hybridized carbons (Fsp3) is 0.355. The maximum absolute atomic E-state index is 14.2. The number of halogens is 2. The number of rotatable bonds is 12. The molecule has 0 saturated carbocycles. The van der Waals surface area contributed by atoms with Crippen LogP contribution in [0.3, 0.4) is 0 Å². The minimum atomic E-state index is -4.14. The van der Waals surface area contributed by atoms with Crippen molar-refractivity contribution in [1.82, 2.24) is 10.2 Å². The Kier molecular flexibility index (Phi) is 11.2. The van der Waals surface area contributed by atoms with Crippen LogP contribution in [0, 0.1) is 13.8 Å². The average molecular weight is 619 g/mol. The summed E-state index contributed by atoms with van der Waals surface area (Å²) in [6, 6.07) is 17.3. The van der Waals surface area contributed by atoms with Gasteiger partial charge in [-0.1, -0.05) is 79.0 Å². The van der Waals surface area contributed by atoms with Crippen LogP contribution in [0.5, 0.6) is 0 Å². The molecule has 0 aliphatic heterocycles. The molecule has 10 heteroatoms. The Balaban J connectivity index is 2.11. The van der Waals surface area contributed by atoms with Crippen molar-refractivity contribution < 1.29 is 18.0 Å². The van der Waals surface area contributed by atoms with Gasteiger partial charge in [-0.05, 0) is 75.1 Å². The molecule has 1 N–H and O–H groups in total. The van der Waals surface area contributed by atoms with Crippen LogP contribution in [0.1, 0.15) is 50.3 Å². The summed E-state index contributed by atoms with van der Waals surface area (Å²) in [5.41, 5.74) is 2.63. The maximum Gasteiger partial charge on any atom is 0.264 e. The first-order chi connectivity index (χ1) is 19.4. The Bertz CT molecular complexity index is 1480. The fourth-order valence-corrected chi connectivity index (χ4v) is 6.48. The summed E-state index contributed by atoms with van der Waals surface area (Å²) in [6.45, 7) is 8.86. The van der Waals surface area contributed by atoms with Crippen molar-refractivity contribution in [1.29, 1.82) is 0 Å². The second kappa shape index (κ2) is 14.2. The van der Waals surface area contributed by atoms with E-state index < -0.39 is 28.5 Å². The van der Waals surface area contributed by atoms with E-state index in [-0.39, 0.29) is 23.4 Å². The smallest absolute Gasteiger partial charge is 0.264 e. The van der Waals surface area contributed by atoms with Gasteiger partial charge < -0.3 is 10.2 Å². The number of benzene rings is 3. The zero-order chi connectivity index (χ0) is 30.3. The monoisotopic (exact) mass is 617 g/mol. The first kappa shape index (κ1) is 32.4. The number of sulfonamides is 1. The van der Waals surface area contributed by atoms with Gasteiger partial charge in [-0.25, -0.2) is 8.42 Å². The van der Waals surface area contributed by atoms with Crippen LogP contribution in [0.15, 0.2) is 71.6 Å². The number of nitrogens with one attached hydrogen (secondary N) is 1. The third kappa shape index (κ3) is 8.03. The first-order valence-electron chi connectivity index (χ1n) is 13.6. The summed E-state index contributed by atoms with van der Waals surface area (Å²) in [5.74, 6) is -0.856. The molecule has 3 aromatic rings. The molecule has 3 aromatic carbocycles. The minimum Gasteiger partial charge on any atom is -0.352 e. The number of amides is 2. The summed E-state index contributed by atoms with van der Waals surface area (Å²) in [7, 11) is -4.14. The molecule has 0 fully saturated rings. The average Bonchev–Trinajstić information content (AvgIpc) is 2.93. The second-order valence-corrected chi connectivity index (χ2v) is 12.8. The van der Waals surface area contributed by atoms with Crippen LogP contribution in [0.4, 0.5) is 5.69 Å². The van der Waals surface area contributed by atoms with Crippen molar-refractivity contribution in [3.63, 3.8) is 0 Å². The third-order valence-electron chi connectivity index (χ3n) is 6.97. The van der Waals surface area contributed by atoms with E-state index in [9.17, 15) is 18.0 Å². The highest BCUT2D eigenvalue weighted by atomic mass is 35.5. The van der Waals surface area contributed by atoms with Gasteiger partial charge in [0.05, 0.1) is 10.6 Å². The van der Waals surface area contributed by atoms with E-state index in [4.69, 9.17) is 23.2 Å². The molecule has 0 heterocycles. The predicted octanol–water partition coefficient (Wildman–Crippen LogP) is 6.53. The largest absolute Gasteiger partial charge is 0.352 e. The molecule has 41 heavy (non-hydrogen) atoms. The van der Waals surface area contributed by atoms with Crippen LogP contribution >= 0.6 is 23.2 Å². The summed E-state index contributed by atoms with van der Waals surface area (Å²) in [6.07, 6.45) is 1.03. The van der Waals surface area contributed by atoms with Crippen molar-refractivity contribution in [2.75, 3.05) is 10.8 Å². The molecule has 2 atom stereocenters. The molecule has 0 bridgehead atoms. The topological polar surface area (TPSA) is 86.8 Å². The molecule has 0 unspecified atom stereocenters. The van der Waals surface area contributed by atoms with Crippen molar-refractivity contribution in [2.24, 2.45) is 0 Å². The quantitative estimate of drug-likeness (QED) is 0.250. The number of nitrogens with zero attached hydrogens (tertiary/aromatic N) is 2. The van der Waals surface area contributed by atoms with E-state index in [1.807, 2.05) is 33.8 Å². The molecule has 0 spiro atoms. The zero-order valence-electron chi connectivity index (χ0n) is 24.0. The highest BCUT2D eigenvalue weighted by Crippen LogP contribution is 2.29. The van der Waals surface area contributed by atoms with Crippen LogP contribution in [-0.2, 0) is 26.2 Å². The summed E-state index contributed by atoms with van der Waals surface area (Å²) >= 11 is 12.6. The SMILES string of the molecule is CC[C@@H](C)NC(=O)[C@@H](CC)N(Cc1ccc(Cl)cc1Cl)C(=O)CN(c1ccc(C)cc1C)S(=O)(=O)c1ccccc1. The third-order valence-corrected chi connectivity index (χ3v) is 9.33. The summed E-state index contributed by atoms with van der Waals surface area (Å²) < 4.78 is 29.1. The van der Waals surface area contributed by atoms with Gasteiger partial charge in [-0.3, -0.25) is 13.9 Å². The van der Waals surface area contributed by atoms with Crippen molar-refractivity contribution in [2.45, 2.75) is 71.0 Å². The lowest BCUT2D eigenvalue weighted by molar-refractivity contribution is -0.140. The van der Waals surface area contributed by atoms with Gasteiger partial charge in [0.15, 0.2) is 0 Å². The molecule has 3 rings (SSSR count). The van der Waals surface area contributed by atoms with Gasteiger partial charge >= 0.3 is 0 Å². The molecule has 0 aliphatic rings. The maximum atomic E-state index is 14.2. The summed E-state index contributed by atoms with van der Waals surface area (Å²) in [4.78, 5) is 29.1. The molecule has 0 aromatic heterocycles. The number of carbonyl (C=O) groups is 2. The van der Waals surface area contributed by atoms with Crippen molar-refractivity contribution >= 4 is 50.7 Å². The van der Waals surface area contributed by atoms with Gasteiger partial charge in [0.1, 0.15) is 12.6 Å². The Morgan fingerprint density at radius 2 is 1.61 bits per heavy atom. The minimum absolute atomic E-state index is 0.00657. The van der Waals surface area contributed by atoms with E-state index in [0.29, 0.717) is 33.3 Å². The van der Waals surface area contributed by atoms with Crippen molar-refractivity contribution in [3.8, 4) is 0 Å². The van der Waals surface area contributed by atoms with Gasteiger partial charge in [-0.15, -0.1) is 0 Å². The number of aryl methyl sites for hydroxylation is 2. The number of carbonyl (C=O) groups excluding carboxylic acids is 2. The molecule has 2 amide bonds. The van der Waals surface area contributed by atoms with Gasteiger partial charge in [0, 0.05) is 22.6 Å². The standard InChI is InChI=1S/C31H37Cl2N3O4S/c1-6-23(5)34-31(38)28(7-2)35(19-24-14-15-25(32)18-27(24)33)30(37)20-36(29-16-13-21(3)17-22(29)4)41(39,40)26-11-9-8-10-12-26/h8-18,23,28H,6-7,19-20H2,1-5H3,(H,34,38)/t23-,28-/m1/s1. The van der Waals surface area contributed by atoms with Gasteiger partial charge in [-0.2, -0.15) is 0 Å². The normalized spacial score (nSPS) is 12.9. The summed E-state index contributed by atoms with van der Waals surface area (Å²) in [5, 5.41) is 3.74. The van der Waals surface area contributed by atoms with Gasteiger partial charge in [0.25, 0.3) is 10.0 Å². The van der Waals surface area contributed by atoms with Crippen molar-refractivity contribution in [3.05, 3.63) is 93.5 Å². The van der Waals surface area contributed by atoms with Crippen LogP contribution < -0.4 is 9.62 Å². The van der Waals surface area contributed by atoms with Gasteiger partial charge in [0.2, 0.25) is 11.8 Å². The van der Waals surface area contributed by atoms with E-state index in [2.05, 4.69) is 5.32 Å². The van der Waals surface area contributed by atoms with E-state index in [1.54, 1.807) is 55.5 Å². The van der Waals surface area contributed by atoms with Crippen LogP contribution in [0.25, 0.3) is 0 Å². The number of hydrogen-bond acceptors (Lipinski definition) is 4.